The average molecular weight is 699 g/mol. The predicted molar refractivity (Wildman–Crippen MR) is 215 cm³/mol. The largest absolute Gasteiger partial charge is 0.456 e. The van der Waals surface area contributed by atoms with Crippen LogP contribution in [-0.4, -0.2) is 19.9 Å². The Morgan fingerprint density at radius 2 is 1.02 bits per heavy atom. The van der Waals surface area contributed by atoms with Crippen molar-refractivity contribution < 1.29 is 8.83 Å². The molecule has 0 aliphatic rings. The van der Waals surface area contributed by atoms with Crippen LogP contribution in [0.15, 0.2) is 167 Å². The van der Waals surface area contributed by atoms with E-state index in [-0.39, 0.29) is 0 Å². The number of hydrogen-bond donors (Lipinski definition) is 0. The average Bonchev–Trinajstić information content (AvgIpc) is 3.93. The highest BCUT2D eigenvalue weighted by molar-refractivity contribution is 7.26. The summed E-state index contributed by atoms with van der Waals surface area (Å²) in [5.41, 5.74) is 9.27. The molecule has 0 unspecified atom stereocenters. The van der Waals surface area contributed by atoms with Crippen molar-refractivity contribution in [1.29, 1.82) is 0 Å². The van der Waals surface area contributed by atoms with Crippen LogP contribution in [0.4, 0.5) is 0 Å². The number of benzene rings is 7. The summed E-state index contributed by atoms with van der Waals surface area (Å²) in [7, 11) is 0. The maximum atomic E-state index is 6.21. The lowest BCUT2D eigenvalue weighted by Crippen LogP contribution is -2.00. The Bertz CT molecular complexity index is 3160. The Morgan fingerprint density at radius 1 is 0.396 bits per heavy atom. The minimum Gasteiger partial charge on any atom is -0.456 e. The third-order valence-corrected chi connectivity index (χ3v) is 11.0. The second kappa shape index (κ2) is 11.8. The van der Waals surface area contributed by atoms with Gasteiger partial charge in [-0.2, -0.15) is 0 Å². The van der Waals surface area contributed by atoms with Crippen LogP contribution in [0.25, 0.3) is 110 Å². The van der Waals surface area contributed by atoms with E-state index >= 15 is 0 Å². The molecule has 6 nitrogen and oxygen atoms in total. The summed E-state index contributed by atoms with van der Waals surface area (Å²) >= 11 is 1.78. The van der Waals surface area contributed by atoms with Gasteiger partial charge in [0, 0.05) is 59.3 Å². The number of nitrogens with zero attached hydrogens (tertiary/aromatic N) is 4. The van der Waals surface area contributed by atoms with E-state index in [0.717, 1.165) is 60.9 Å². The van der Waals surface area contributed by atoms with Crippen LogP contribution < -0.4 is 0 Å². The first-order valence-corrected chi connectivity index (χ1v) is 18.2. The molecule has 0 N–H and O–H groups in total. The van der Waals surface area contributed by atoms with E-state index in [9.17, 15) is 0 Å². The van der Waals surface area contributed by atoms with Gasteiger partial charge in [0.15, 0.2) is 23.1 Å². The number of aromatic nitrogens is 4. The fraction of sp³-hybridized carbons (Fsp3) is 0. The third-order valence-electron chi connectivity index (χ3n) is 9.79. The molecule has 0 aliphatic heterocycles. The standard InChI is InChI=1S/C46H26N4O2S/c1-3-11-28(12-4-1)43-48-44(50-45(49-43)34-18-10-20-38-41(34)33-15-7-8-19-37(33)51-38)29-23-21-27(22-24-29)31-16-9-17-32-35-25-36-39(26-40(35)53-42(31)32)52-46(47-36)30-13-5-2-6-14-30/h1-26H. The van der Waals surface area contributed by atoms with Crippen LogP contribution in [0.1, 0.15) is 0 Å². The number of hydrogen-bond acceptors (Lipinski definition) is 7. The number of para-hydroxylation sites is 1. The SMILES string of the molecule is c1ccc(-c2nc(-c3ccc(-c4cccc5c4sc4cc6oc(-c7ccccc7)nc6cc45)cc3)nc(-c3cccc4oc5ccccc5c34)n2)cc1. The number of fused-ring (bicyclic) bond motifs is 7. The lowest BCUT2D eigenvalue weighted by atomic mass is 10.0. The highest BCUT2D eigenvalue weighted by Gasteiger charge is 2.19. The van der Waals surface area contributed by atoms with E-state index < -0.39 is 0 Å². The smallest absolute Gasteiger partial charge is 0.227 e. The first-order valence-electron chi connectivity index (χ1n) is 17.4. The maximum absolute atomic E-state index is 6.21. The van der Waals surface area contributed by atoms with Crippen molar-refractivity contribution in [3.05, 3.63) is 158 Å². The molecule has 4 aromatic heterocycles. The summed E-state index contributed by atoms with van der Waals surface area (Å²) in [5, 5.41) is 4.40. The van der Waals surface area contributed by atoms with Crippen LogP contribution in [0.3, 0.4) is 0 Å². The van der Waals surface area contributed by atoms with Gasteiger partial charge in [-0.25, -0.2) is 19.9 Å². The van der Waals surface area contributed by atoms with E-state index in [1.807, 2.05) is 91.0 Å². The Morgan fingerprint density at radius 3 is 1.83 bits per heavy atom. The van der Waals surface area contributed by atoms with Crippen molar-refractivity contribution in [2.75, 3.05) is 0 Å². The molecule has 0 saturated carbocycles. The van der Waals surface area contributed by atoms with Crippen LogP contribution in [0.2, 0.25) is 0 Å². The molecule has 248 valence electrons. The maximum Gasteiger partial charge on any atom is 0.227 e. The Hall–Kier alpha value is -6.96. The van der Waals surface area contributed by atoms with Gasteiger partial charge >= 0.3 is 0 Å². The lowest BCUT2D eigenvalue weighted by molar-refractivity contribution is 0.620. The number of rotatable bonds is 5. The molecule has 0 atom stereocenters. The number of oxazole rings is 1. The summed E-state index contributed by atoms with van der Waals surface area (Å²) in [4.78, 5) is 19.9. The van der Waals surface area contributed by atoms with E-state index in [0.29, 0.717) is 23.4 Å². The van der Waals surface area contributed by atoms with Crippen molar-refractivity contribution in [3.63, 3.8) is 0 Å². The van der Waals surface area contributed by atoms with Gasteiger partial charge in [0.05, 0.1) is 0 Å². The van der Waals surface area contributed by atoms with E-state index in [2.05, 4.69) is 66.7 Å². The first kappa shape index (κ1) is 29.7. The Balaban J connectivity index is 1.01. The fourth-order valence-corrected chi connectivity index (χ4v) is 8.50. The zero-order valence-electron chi connectivity index (χ0n) is 28.0. The van der Waals surface area contributed by atoms with Crippen LogP contribution >= 0.6 is 11.3 Å². The van der Waals surface area contributed by atoms with Gasteiger partial charge in [-0.3, -0.25) is 0 Å². The quantitative estimate of drug-likeness (QED) is 0.178. The third kappa shape index (κ3) is 4.93. The van der Waals surface area contributed by atoms with Crippen molar-refractivity contribution in [1.82, 2.24) is 19.9 Å². The van der Waals surface area contributed by atoms with Crippen LogP contribution in [0.5, 0.6) is 0 Å². The number of thiophene rings is 1. The summed E-state index contributed by atoms with van der Waals surface area (Å²) in [6, 6.07) is 53.5. The van der Waals surface area contributed by atoms with Crippen molar-refractivity contribution in [2.45, 2.75) is 0 Å². The lowest BCUT2D eigenvalue weighted by Gasteiger charge is -2.10. The fourth-order valence-electron chi connectivity index (χ4n) is 7.25. The van der Waals surface area contributed by atoms with Gasteiger partial charge in [0.25, 0.3) is 0 Å². The highest BCUT2D eigenvalue weighted by atomic mass is 32.1. The summed E-state index contributed by atoms with van der Waals surface area (Å²) in [5.74, 6) is 2.46. The molecule has 4 heterocycles. The molecule has 11 aromatic rings. The molecule has 53 heavy (non-hydrogen) atoms. The van der Waals surface area contributed by atoms with E-state index in [1.165, 1.54) is 25.7 Å². The minimum absolute atomic E-state index is 0.598. The Labute approximate surface area is 306 Å². The second-order valence-electron chi connectivity index (χ2n) is 13.0. The molecule has 0 spiro atoms. The summed E-state index contributed by atoms with van der Waals surface area (Å²) in [6.45, 7) is 0. The van der Waals surface area contributed by atoms with Gasteiger partial charge in [-0.1, -0.05) is 121 Å². The Kier molecular flexibility index (Phi) is 6.62. The molecular weight excluding hydrogens is 673 g/mol. The molecule has 0 amide bonds. The molecule has 7 aromatic carbocycles. The molecule has 7 heteroatoms. The van der Waals surface area contributed by atoms with Crippen molar-refractivity contribution in [2.24, 2.45) is 0 Å². The molecule has 0 aliphatic carbocycles. The molecular formula is C46H26N4O2S. The van der Waals surface area contributed by atoms with Crippen molar-refractivity contribution in [3.8, 4) is 56.7 Å². The van der Waals surface area contributed by atoms with Crippen LogP contribution in [-0.2, 0) is 0 Å². The van der Waals surface area contributed by atoms with E-state index in [1.54, 1.807) is 11.3 Å². The van der Waals surface area contributed by atoms with Gasteiger partial charge in [0.2, 0.25) is 5.89 Å². The van der Waals surface area contributed by atoms with Gasteiger partial charge < -0.3 is 8.83 Å². The zero-order chi connectivity index (χ0) is 34.9. The zero-order valence-corrected chi connectivity index (χ0v) is 28.8. The predicted octanol–water partition coefficient (Wildman–Crippen LogP) is 12.6. The van der Waals surface area contributed by atoms with Gasteiger partial charge in [0.1, 0.15) is 16.7 Å². The molecule has 0 bridgehead atoms. The van der Waals surface area contributed by atoms with Gasteiger partial charge in [-0.15, -0.1) is 11.3 Å². The van der Waals surface area contributed by atoms with E-state index in [4.69, 9.17) is 28.8 Å². The molecule has 0 radical (unpaired) electrons. The first-order chi connectivity index (χ1) is 26.2. The number of furan rings is 1. The molecule has 0 fully saturated rings. The monoisotopic (exact) mass is 698 g/mol. The minimum atomic E-state index is 0.598. The highest BCUT2D eigenvalue weighted by Crippen LogP contribution is 2.42. The van der Waals surface area contributed by atoms with Crippen molar-refractivity contribution >= 4 is 64.5 Å². The van der Waals surface area contributed by atoms with Gasteiger partial charge in [-0.05, 0) is 41.5 Å². The summed E-state index contributed by atoms with van der Waals surface area (Å²) < 4.78 is 14.8. The normalized spacial score (nSPS) is 11.8. The summed E-state index contributed by atoms with van der Waals surface area (Å²) in [6.07, 6.45) is 0. The van der Waals surface area contributed by atoms with Crippen LogP contribution in [0, 0.1) is 0 Å². The molecule has 0 saturated heterocycles. The molecule has 11 rings (SSSR count). The second-order valence-corrected chi connectivity index (χ2v) is 14.1. The topological polar surface area (TPSA) is 77.8 Å².